The maximum Gasteiger partial charge on any atom is 0.128 e. The molecule has 1 fully saturated rings. The topological polar surface area (TPSA) is 65.2 Å². The highest BCUT2D eigenvalue weighted by Gasteiger charge is 2.23. The average molecular weight is 463 g/mol. The van der Waals surface area contributed by atoms with Crippen LogP contribution in [0.5, 0.6) is 11.5 Å². The molecule has 0 heterocycles. The van der Waals surface area contributed by atoms with Gasteiger partial charge in [0.25, 0.3) is 0 Å². The molecule has 3 rings (SSSR count). The Morgan fingerprint density at radius 1 is 0.647 bits per heavy atom. The lowest BCUT2D eigenvalue weighted by Crippen LogP contribution is -2.20. The fourth-order valence-corrected chi connectivity index (χ4v) is 4.68. The van der Waals surface area contributed by atoms with Crippen molar-refractivity contribution in [3.05, 3.63) is 57.6 Å². The molecule has 0 saturated heterocycles. The minimum atomic E-state index is -0.117. The van der Waals surface area contributed by atoms with Crippen LogP contribution >= 0.6 is 0 Å². The summed E-state index contributed by atoms with van der Waals surface area (Å²) in [6.45, 7) is 16.8. The predicted molar refractivity (Wildman–Crippen MR) is 144 cm³/mol. The lowest BCUT2D eigenvalue weighted by molar-refractivity contribution is 0.399. The van der Waals surface area contributed by atoms with Crippen molar-refractivity contribution in [3.8, 4) is 11.5 Å². The highest BCUT2D eigenvalue weighted by atomic mass is 16.3. The van der Waals surface area contributed by atoms with Gasteiger partial charge in [0.15, 0.2) is 0 Å². The van der Waals surface area contributed by atoms with Crippen LogP contribution in [0.15, 0.2) is 34.3 Å². The van der Waals surface area contributed by atoms with Gasteiger partial charge in [0, 0.05) is 34.7 Å². The molecule has 0 amide bonds. The Kier molecular flexibility index (Phi) is 7.59. The van der Waals surface area contributed by atoms with Crippen molar-refractivity contribution < 1.29 is 10.2 Å². The molecule has 4 nitrogen and oxygen atoms in total. The monoisotopic (exact) mass is 462 g/mol. The van der Waals surface area contributed by atoms with Gasteiger partial charge in [0.1, 0.15) is 11.5 Å². The van der Waals surface area contributed by atoms with Gasteiger partial charge in [-0.05, 0) is 73.6 Å². The van der Waals surface area contributed by atoms with Crippen LogP contribution in [0.2, 0.25) is 0 Å². The van der Waals surface area contributed by atoms with Crippen LogP contribution in [0.3, 0.4) is 0 Å². The fourth-order valence-electron chi connectivity index (χ4n) is 4.68. The van der Waals surface area contributed by atoms with E-state index in [4.69, 9.17) is 9.98 Å². The van der Waals surface area contributed by atoms with E-state index in [-0.39, 0.29) is 22.9 Å². The van der Waals surface area contributed by atoms with E-state index in [9.17, 15) is 10.2 Å². The van der Waals surface area contributed by atoms with Crippen LogP contribution in [0.1, 0.15) is 101 Å². The molecule has 0 bridgehead atoms. The van der Waals surface area contributed by atoms with Gasteiger partial charge in [0.05, 0.1) is 12.1 Å². The number of hydrogen-bond acceptors (Lipinski definition) is 4. The molecule has 2 aromatic carbocycles. The molecule has 4 heteroatoms. The summed E-state index contributed by atoms with van der Waals surface area (Å²) in [7, 11) is 0. The zero-order valence-corrected chi connectivity index (χ0v) is 22.2. The van der Waals surface area contributed by atoms with Gasteiger partial charge in [0.2, 0.25) is 0 Å². The van der Waals surface area contributed by atoms with E-state index in [0.29, 0.717) is 11.5 Å². The second-order valence-electron chi connectivity index (χ2n) is 12.0. The number of aromatic hydroxyl groups is 2. The Morgan fingerprint density at radius 3 is 1.26 bits per heavy atom. The van der Waals surface area contributed by atoms with Gasteiger partial charge < -0.3 is 10.2 Å². The summed E-state index contributed by atoms with van der Waals surface area (Å²) in [4.78, 5) is 9.64. The van der Waals surface area contributed by atoms with Gasteiger partial charge in [-0.25, -0.2) is 0 Å². The summed E-state index contributed by atoms with van der Waals surface area (Å²) in [5, 5.41) is 21.6. The molecule has 0 atom stereocenters. The minimum absolute atomic E-state index is 0.117. The molecule has 0 aliphatic heterocycles. The van der Waals surface area contributed by atoms with E-state index >= 15 is 0 Å². The highest BCUT2D eigenvalue weighted by Crippen LogP contribution is 2.35. The molecule has 34 heavy (non-hydrogen) atoms. The molecule has 0 radical (unpaired) electrons. The van der Waals surface area contributed by atoms with Crippen LogP contribution in [0.25, 0.3) is 0 Å². The van der Waals surface area contributed by atoms with E-state index in [1.165, 1.54) is 0 Å². The van der Waals surface area contributed by atoms with Crippen LogP contribution in [-0.2, 0) is 10.8 Å². The third kappa shape index (κ3) is 6.28. The number of aryl methyl sites for hydroxylation is 2. The third-order valence-electron chi connectivity index (χ3n) is 6.70. The van der Waals surface area contributed by atoms with Crippen molar-refractivity contribution in [2.45, 2.75) is 104 Å². The maximum atomic E-state index is 10.8. The molecule has 1 aliphatic carbocycles. The fraction of sp³-hybridized carbons (Fsp3) is 0.533. The molecular weight excluding hydrogens is 420 g/mol. The number of hydrogen-bond donors (Lipinski definition) is 2. The van der Waals surface area contributed by atoms with Crippen molar-refractivity contribution in [3.63, 3.8) is 0 Å². The van der Waals surface area contributed by atoms with Gasteiger partial charge in [-0.1, -0.05) is 53.7 Å². The maximum absolute atomic E-state index is 10.8. The SMILES string of the molecule is Cc1cc(C=NC2CCC(N=Cc3cc(C)cc(C(C)(C)C)c3O)CC2)c(O)c(C(C)(C)C)c1. The summed E-state index contributed by atoms with van der Waals surface area (Å²) in [5.74, 6) is 0.681. The first-order valence-electron chi connectivity index (χ1n) is 12.5. The first-order chi connectivity index (χ1) is 15.8. The van der Waals surface area contributed by atoms with Crippen molar-refractivity contribution in [2.75, 3.05) is 0 Å². The Balaban J connectivity index is 1.66. The second kappa shape index (κ2) is 9.93. The largest absolute Gasteiger partial charge is 0.507 e. The van der Waals surface area contributed by atoms with E-state index in [0.717, 1.165) is 59.1 Å². The van der Waals surface area contributed by atoms with Gasteiger partial charge in [-0.2, -0.15) is 0 Å². The molecule has 1 saturated carbocycles. The number of benzene rings is 2. The lowest BCUT2D eigenvalue weighted by Gasteiger charge is -2.24. The second-order valence-corrected chi connectivity index (χ2v) is 12.0. The highest BCUT2D eigenvalue weighted by molar-refractivity contribution is 5.85. The van der Waals surface area contributed by atoms with Crippen molar-refractivity contribution in [2.24, 2.45) is 9.98 Å². The molecule has 2 N–H and O–H groups in total. The van der Waals surface area contributed by atoms with Gasteiger partial charge >= 0.3 is 0 Å². The number of nitrogens with zero attached hydrogens (tertiary/aromatic N) is 2. The van der Waals surface area contributed by atoms with Crippen LogP contribution < -0.4 is 0 Å². The molecule has 0 unspecified atom stereocenters. The lowest BCUT2D eigenvalue weighted by atomic mass is 9.84. The molecule has 0 spiro atoms. The summed E-state index contributed by atoms with van der Waals surface area (Å²) in [6, 6.07) is 8.64. The number of rotatable bonds is 4. The zero-order chi connectivity index (χ0) is 25.3. The number of phenols is 2. The minimum Gasteiger partial charge on any atom is -0.507 e. The quantitative estimate of drug-likeness (QED) is 0.473. The van der Waals surface area contributed by atoms with Crippen LogP contribution in [-0.4, -0.2) is 34.7 Å². The molecular formula is C30H42N2O2. The Bertz CT molecular complexity index is 989. The van der Waals surface area contributed by atoms with Gasteiger partial charge in [-0.3, -0.25) is 9.98 Å². The van der Waals surface area contributed by atoms with Crippen molar-refractivity contribution in [1.82, 2.24) is 0 Å². The zero-order valence-electron chi connectivity index (χ0n) is 22.2. The molecule has 0 aromatic heterocycles. The molecule has 1 aliphatic rings. The van der Waals surface area contributed by atoms with E-state index < -0.39 is 0 Å². The smallest absolute Gasteiger partial charge is 0.128 e. The number of phenolic OH excluding ortho intramolecular Hbond substituents is 2. The average Bonchev–Trinajstić information content (AvgIpc) is 2.73. The van der Waals surface area contributed by atoms with E-state index in [1.807, 2.05) is 24.6 Å². The Morgan fingerprint density at radius 2 is 0.971 bits per heavy atom. The number of aliphatic imine (C=N–C) groups is 2. The summed E-state index contributed by atoms with van der Waals surface area (Å²) in [5.41, 5.74) is 5.56. The van der Waals surface area contributed by atoms with Crippen molar-refractivity contribution in [1.29, 1.82) is 0 Å². The van der Waals surface area contributed by atoms with Crippen LogP contribution in [0.4, 0.5) is 0 Å². The standard InChI is InChI=1S/C30H42N2O2/c1-19-13-21(27(33)25(15-19)29(3,4)5)17-31-23-9-11-24(12-10-23)32-18-22-14-20(2)16-26(28(22)34)30(6,7)8/h13-18,23-24,33-34H,9-12H2,1-8H3. The first kappa shape index (κ1) is 26.0. The summed E-state index contributed by atoms with van der Waals surface area (Å²) in [6.07, 6.45) is 7.61. The molecule has 2 aromatic rings. The Hall–Kier alpha value is -2.62. The van der Waals surface area contributed by atoms with E-state index in [2.05, 4.69) is 67.5 Å². The normalized spacial score (nSPS) is 19.9. The summed E-state index contributed by atoms with van der Waals surface area (Å²) < 4.78 is 0. The van der Waals surface area contributed by atoms with Crippen LogP contribution in [0, 0.1) is 13.8 Å². The third-order valence-corrected chi connectivity index (χ3v) is 6.70. The molecule has 184 valence electrons. The van der Waals surface area contributed by atoms with Crippen molar-refractivity contribution >= 4 is 12.4 Å². The Labute approximate surface area is 205 Å². The van der Waals surface area contributed by atoms with Gasteiger partial charge in [-0.15, -0.1) is 0 Å². The first-order valence-corrected chi connectivity index (χ1v) is 12.5. The summed E-state index contributed by atoms with van der Waals surface area (Å²) >= 11 is 0. The van der Waals surface area contributed by atoms with E-state index in [1.54, 1.807) is 0 Å². The predicted octanol–water partition coefficient (Wildman–Crippen LogP) is 7.16.